The van der Waals surface area contributed by atoms with Gasteiger partial charge in [-0.2, -0.15) is 4.39 Å². The molecule has 2 amide bonds. The average molecular weight is 460 g/mol. The monoisotopic (exact) mass is 459 g/mol. The lowest BCUT2D eigenvalue weighted by atomic mass is 10.3. The van der Waals surface area contributed by atoms with Crippen LogP contribution in [0.4, 0.5) is 10.1 Å². The molecule has 0 radical (unpaired) electrons. The normalized spacial score (nSPS) is 10.2. The number of ether oxygens (including phenoxy) is 2. The SMILES string of the molecule is O=C(CCCOc1ccc(Cl)cc1Cl)NNC(=O)COc1ccc([N+](=O)[O-])c(F)c1. The van der Waals surface area contributed by atoms with E-state index in [1.165, 1.54) is 6.07 Å². The molecule has 30 heavy (non-hydrogen) atoms. The number of halogens is 3. The number of hydrazine groups is 1. The molecule has 12 heteroatoms. The smallest absolute Gasteiger partial charge is 0.305 e. The van der Waals surface area contributed by atoms with Gasteiger partial charge >= 0.3 is 5.69 Å². The molecule has 0 unspecified atom stereocenters. The van der Waals surface area contributed by atoms with Gasteiger partial charge in [-0.25, -0.2) is 0 Å². The average Bonchev–Trinajstić information content (AvgIpc) is 2.69. The second-order valence-corrected chi connectivity index (χ2v) is 6.63. The van der Waals surface area contributed by atoms with Crippen LogP contribution >= 0.6 is 23.2 Å². The number of nitro groups is 1. The van der Waals surface area contributed by atoms with E-state index in [2.05, 4.69) is 10.9 Å². The van der Waals surface area contributed by atoms with Crippen LogP contribution in [-0.2, 0) is 9.59 Å². The molecule has 0 aliphatic heterocycles. The molecule has 2 N–H and O–H groups in total. The summed E-state index contributed by atoms with van der Waals surface area (Å²) >= 11 is 11.7. The van der Waals surface area contributed by atoms with E-state index >= 15 is 0 Å². The summed E-state index contributed by atoms with van der Waals surface area (Å²) in [6.07, 6.45) is 0.430. The van der Waals surface area contributed by atoms with Crippen LogP contribution in [0.25, 0.3) is 0 Å². The van der Waals surface area contributed by atoms with Crippen LogP contribution in [0.3, 0.4) is 0 Å². The van der Waals surface area contributed by atoms with Gasteiger partial charge in [-0.15, -0.1) is 0 Å². The molecule has 160 valence electrons. The van der Waals surface area contributed by atoms with Crippen molar-refractivity contribution in [1.29, 1.82) is 0 Å². The molecule has 0 aliphatic carbocycles. The maximum Gasteiger partial charge on any atom is 0.305 e. The van der Waals surface area contributed by atoms with Crippen LogP contribution in [-0.4, -0.2) is 30.0 Å². The Labute approximate surface area is 180 Å². The zero-order chi connectivity index (χ0) is 22.1. The number of carbonyl (C=O) groups excluding carboxylic acids is 2. The van der Waals surface area contributed by atoms with E-state index < -0.39 is 34.8 Å². The molecular weight excluding hydrogens is 444 g/mol. The summed E-state index contributed by atoms with van der Waals surface area (Å²) in [6, 6.07) is 7.63. The van der Waals surface area contributed by atoms with Gasteiger partial charge in [0.25, 0.3) is 5.91 Å². The van der Waals surface area contributed by atoms with E-state index in [-0.39, 0.29) is 18.8 Å². The van der Waals surface area contributed by atoms with Crippen molar-refractivity contribution < 1.29 is 28.4 Å². The Morgan fingerprint density at radius 3 is 2.47 bits per heavy atom. The van der Waals surface area contributed by atoms with Crippen molar-refractivity contribution in [3.63, 3.8) is 0 Å². The maximum absolute atomic E-state index is 13.5. The quantitative estimate of drug-likeness (QED) is 0.336. The zero-order valence-corrected chi connectivity index (χ0v) is 16.8. The fourth-order valence-electron chi connectivity index (χ4n) is 2.12. The summed E-state index contributed by atoms with van der Waals surface area (Å²) in [5, 5.41) is 11.4. The van der Waals surface area contributed by atoms with Crippen LogP contribution in [0.2, 0.25) is 10.0 Å². The lowest BCUT2D eigenvalue weighted by Gasteiger charge is -2.10. The van der Waals surface area contributed by atoms with E-state index in [4.69, 9.17) is 32.7 Å². The first-order valence-corrected chi connectivity index (χ1v) is 9.24. The molecule has 0 aliphatic rings. The fourth-order valence-corrected chi connectivity index (χ4v) is 2.58. The van der Waals surface area contributed by atoms with Crippen LogP contribution in [0, 0.1) is 15.9 Å². The second kappa shape index (κ2) is 11.2. The topological polar surface area (TPSA) is 120 Å². The zero-order valence-electron chi connectivity index (χ0n) is 15.3. The second-order valence-electron chi connectivity index (χ2n) is 5.78. The van der Waals surface area contributed by atoms with Crippen LogP contribution < -0.4 is 20.3 Å². The molecular formula is C18H16Cl2FN3O6. The van der Waals surface area contributed by atoms with Crippen molar-refractivity contribution in [2.75, 3.05) is 13.2 Å². The van der Waals surface area contributed by atoms with Gasteiger partial charge < -0.3 is 9.47 Å². The van der Waals surface area contributed by atoms with Gasteiger partial charge in [0.2, 0.25) is 11.7 Å². The van der Waals surface area contributed by atoms with Crippen molar-refractivity contribution in [2.45, 2.75) is 12.8 Å². The number of hydrogen-bond acceptors (Lipinski definition) is 6. The molecule has 0 heterocycles. The van der Waals surface area contributed by atoms with E-state index in [9.17, 15) is 24.1 Å². The molecule has 2 aromatic rings. The third-order valence-corrected chi connectivity index (χ3v) is 4.06. The predicted molar refractivity (Wildman–Crippen MR) is 106 cm³/mol. The number of nitro benzene ring substituents is 1. The highest BCUT2D eigenvalue weighted by Crippen LogP contribution is 2.27. The fraction of sp³-hybridized carbons (Fsp3) is 0.222. The molecule has 2 rings (SSSR count). The predicted octanol–water partition coefficient (Wildman–Crippen LogP) is 3.43. The Morgan fingerprint density at radius 1 is 1.07 bits per heavy atom. The minimum Gasteiger partial charge on any atom is -0.492 e. The molecule has 2 aromatic carbocycles. The van der Waals surface area contributed by atoms with E-state index in [1.807, 2.05) is 0 Å². The van der Waals surface area contributed by atoms with Crippen molar-refractivity contribution >= 4 is 40.7 Å². The van der Waals surface area contributed by atoms with E-state index in [1.54, 1.807) is 12.1 Å². The Kier molecular flexibility index (Phi) is 8.63. The van der Waals surface area contributed by atoms with Crippen molar-refractivity contribution in [3.8, 4) is 11.5 Å². The maximum atomic E-state index is 13.5. The van der Waals surface area contributed by atoms with Crippen LogP contribution in [0.15, 0.2) is 36.4 Å². The van der Waals surface area contributed by atoms with Gasteiger partial charge in [-0.05, 0) is 30.7 Å². The van der Waals surface area contributed by atoms with Gasteiger partial charge in [0.05, 0.1) is 16.6 Å². The van der Waals surface area contributed by atoms with E-state index in [0.29, 0.717) is 22.2 Å². The minimum atomic E-state index is -1.09. The summed E-state index contributed by atoms with van der Waals surface area (Å²) in [7, 11) is 0. The molecule has 0 saturated heterocycles. The highest BCUT2D eigenvalue weighted by atomic mass is 35.5. The van der Waals surface area contributed by atoms with Crippen molar-refractivity contribution in [3.05, 3.63) is 62.4 Å². The molecule has 0 bridgehead atoms. The van der Waals surface area contributed by atoms with Gasteiger partial charge in [-0.3, -0.25) is 30.6 Å². The number of nitrogens with one attached hydrogen (secondary N) is 2. The first-order valence-electron chi connectivity index (χ1n) is 8.48. The Morgan fingerprint density at radius 2 is 1.80 bits per heavy atom. The van der Waals surface area contributed by atoms with Crippen molar-refractivity contribution in [1.82, 2.24) is 10.9 Å². The van der Waals surface area contributed by atoms with Gasteiger partial charge in [0, 0.05) is 23.6 Å². The van der Waals surface area contributed by atoms with Crippen LogP contribution in [0.5, 0.6) is 11.5 Å². The summed E-state index contributed by atoms with van der Waals surface area (Å²) in [5.74, 6) is -1.89. The molecule has 9 nitrogen and oxygen atoms in total. The summed E-state index contributed by atoms with van der Waals surface area (Å²) in [4.78, 5) is 33.0. The largest absolute Gasteiger partial charge is 0.492 e. The summed E-state index contributed by atoms with van der Waals surface area (Å²) in [5.41, 5.74) is 3.61. The number of hydrogen-bond donors (Lipinski definition) is 2. The van der Waals surface area contributed by atoms with E-state index in [0.717, 1.165) is 18.2 Å². The number of amides is 2. The van der Waals surface area contributed by atoms with Crippen LogP contribution in [0.1, 0.15) is 12.8 Å². The first kappa shape index (κ1) is 23.2. The first-order chi connectivity index (χ1) is 14.3. The Hall–Kier alpha value is -3.11. The highest BCUT2D eigenvalue weighted by Gasteiger charge is 2.15. The highest BCUT2D eigenvalue weighted by molar-refractivity contribution is 6.35. The number of rotatable bonds is 9. The minimum absolute atomic E-state index is 0.0694. The summed E-state index contributed by atoms with van der Waals surface area (Å²) < 4.78 is 23.9. The third kappa shape index (κ3) is 7.37. The number of benzene rings is 2. The van der Waals surface area contributed by atoms with Crippen molar-refractivity contribution in [2.24, 2.45) is 0 Å². The molecule has 0 saturated carbocycles. The molecule has 0 fully saturated rings. The third-order valence-electron chi connectivity index (χ3n) is 3.53. The number of carbonyl (C=O) groups is 2. The lowest BCUT2D eigenvalue weighted by molar-refractivity contribution is -0.387. The number of nitrogens with zero attached hydrogens (tertiary/aromatic N) is 1. The molecule has 0 aromatic heterocycles. The lowest BCUT2D eigenvalue weighted by Crippen LogP contribution is -2.43. The molecule has 0 atom stereocenters. The van der Waals surface area contributed by atoms with Gasteiger partial charge in [0.1, 0.15) is 11.5 Å². The van der Waals surface area contributed by atoms with Gasteiger partial charge in [-0.1, -0.05) is 23.2 Å². The summed E-state index contributed by atoms with van der Waals surface area (Å²) in [6.45, 7) is -0.312. The standard InChI is InChI=1S/C18H16Cl2FN3O6/c19-11-3-6-16(13(20)8-11)29-7-1-2-17(25)22-23-18(26)10-30-12-4-5-15(24(27)28)14(21)9-12/h3-6,8-9H,1-2,7,10H2,(H,22,25)(H,23,26). The molecule has 0 spiro atoms. The van der Waals surface area contributed by atoms with Gasteiger partial charge in [0.15, 0.2) is 6.61 Å². The Bertz CT molecular complexity index is 944. The Balaban J connectivity index is 1.64.